The molecular formula is C45H96O21P4Se. The van der Waals surface area contributed by atoms with Crippen molar-refractivity contribution in [3.05, 3.63) is 0 Å². The van der Waals surface area contributed by atoms with E-state index in [0.29, 0.717) is 155 Å². The Morgan fingerprint density at radius 3 is 0.479 bits per heavy atom. The number of rotatable bonds is 60. The second kappa shape index (κ2) is 51.7. The van der Waals surface area contributed by atoms with Gasteiger partial charge in [0, 0.05) is 39.6 Å². The van der Waals surface area contributed by atoms with Gasteiger partial charge in [-0.15, -0.1) is 0 Å². The molecule has 0 amide bonds. The smallest absolute Gasteiger partial charge is 0.396 e. The van der Waals surface area contributed by atoms with E-state index < -0.39 is 29.7 Å². The van der Waals surface area contributed by atoms with Crippen molar-refractivity contribution in [3.8, 4) is 0 Å². The van der Waals surface area contributed by atoms with Crippen molar-refractivity contribution in [3.63, 3.8) is 0 Å². The maximum atomic E-state index is 13.3. The van der Waals surface area contributed by atoms with E-state index in [-0.39, 0.29) is 99.1 Å². The molecule has 21 nitrogen and oxygen atoms in total. The van der Waals surface area contributed by atoms with E-state index in [1.54, 1.807) is 0 Å². The van der Waals surface area contributed by atoms with Crippen LogP contribution < -0.4 is 0 Å². The van der Waals surface area contributed by atoms with Gasteiger partial charge in [0.25, 0.3) is 0 Å². The number of aliphatic hydroxyl groups is 6. The predicted octanol–water partition coefficient (Wildman–Crippen LogP) is 9.84. The van der Waals surface area contributed by atoms with E-state index in [4.69, 9.17) is 84.9 Å². The van der Waals surface area contributed by atoms with Gasteiger partial charge < -0.3 is 30.6 Å². The maximum absolute atomic E-state index is 13.3. The molecule has 0 fully saturated rings. The van der Waals surface area contributed by atoms with Crippen LogP contribution in [0.25, 0.3) is 0 Å². The molecule has 71 heavy (non-hydrogen) atoms. The molecule has 0 aliphatic heterocycles. The number of phosphoric ester groups is 3. The molecule has 6 N–H and O–H groups in total. The molecule has 0 rings (SSSR count). The van der Waals surface area contributed by atoms with E-state index in [1.807, 2.05) is 0 Å². The zero-order valence-corrected chi connectivity index (χ0v) is 48.1. The van der Waals surface area contributed by atoms with Crippen LogP contribution in [0.2, 0.25) is 0 Å². The van der Waals surface area contributed by atoms with E-state index >= 15 is 0 Å². The Bertz CT molecular complexity index is 1140. The van der Waals surface area contributed by atoms with Crippen LogP contribution >= 0.6 is 29.7 Å². The Balaban J connectivity index is 5.28. The van der Waals surface area contributed by atoms with Gasteiger partial charge in [-0.2, -0.15) is 0 Å². The van der Waals surface area contributed by atoms with Crippen LogP contribution in [0.15, 0.2) is 0 Å². The standard InChI is InChI=1S/C45H96O21P4Se/c46-28-10-1-16-34-55-67(52,56-35-17-2-11-29-47)61-40-22-7-25-43-64-70(71,65-44-26-8-23-41-62-68(53,57-36-18-3-12-30-48)58-37-19-4-13-31-49)66-45-27-9-24-42-63-69(54,59-38-20-5-14-32-50)60-39-21-6-15-33-51/h46-51H,1-45H2. The quantitative estimate of drug-likeness (QED) is 0.0188. The molecule has 0 spiro atoms. The van der Waals surface area contributed by atoms with Gasteiger partial charge in [0.05, 0.1) is 0 Å². The first kappa shape index (κ1) is 71.9. The summed E-state index contributed by atoms with van der Waals surface area (Å²) < 4.78 is 109. The summed E-state index contributed by atoms with van der Waals surface area (Å²) in [5.41, 5.74) is 0. The Morgan fingerprint density at radius 2 is 0.338 bits per heavy atom. The summed E-state index contributed by atoms with van der Waals surface area (Å²) in [7, 11) is -11.4. The van der Waals surface area contributed by atoms with Crippen LogP contribution in [0.1, 0.15) is 173 Å². The number of unbranched alkanes of at least 4 members (excludes halogenated alkanes) is 18. The molecule has 0 saturated carbocycles. The third kappa shape index (κ3) is 46.7. The molecule has 0 aliphatic carbocycles. The predicted molar refractivity (Wildman–Crippen MR) is 274 cm³/mol. The molecule has 0 aromatic carbocycles. The normalized spacial score (nSPS) is 12.7. The summed E-state index contributed by atoms with van der Waals surface area (Å²) in [6.45, 7) is 2.94. The molecule has 0 radical (unpaired) electrons. The van der Waals surface area contributed by atoms with Crippen LogP contribution in [-0.2, 0) is 68.0 Å². The van der Waals surface area contributed by atoms with Crippen molar-refractivity contribution in [2.75, 3.05) is 119 Å². The summed E-state index contributed by atoms with van der Waals surface area (Å²) in [6.07, 6.45) is 14.4. The zero-order valence-electron chi connectivity index (χ0n) is 42.8. The molecule has 0 aromatic heterocycles. The van der Waals surface area contributed by atoms with Gasteiger partial charge >= 0.3 is 288 Å². The first-order valence-corrected chi connectivity index (χ1v) is 34.4. The van der Waals surface area contributed by atoms with Gasteiger partial charge in [-0.05, 0) is 77.0 Å². The minimum absolute atomic E-state index is 0.0769. The summed E-state index contributed by atoms with van der Waals surface area (Å²) >= 11 is 3.03. The Kier molecular flexibility index (Phi) is 52.3. The fraction of sp³-hybridized carbons (Fsp3) is 1.00. The van der Waals surface area contributed by atoms with Gasteiger partial charge in [0.15, 0.2) is 0 Å². The number of aliphatic hydroxyl groups excluding tert-OH is 6. The molecule has 0 heterocycles. The summed E-state index contributed by atoms with van der Waals surface area (Å²) in [4.78, 5) is 0. The first-order chi connectivity index (χ1) is 34.5. The van der Waals surface area contributed by atoms with Crippen LogP contribution in [-0.4, -0.2) is 165 Å². The molecule has 0 bridgehead atoms. The minimum atomic E-state index is -3.79. The Morgan fingerprint density at radius 1 is 0.211 bits per heavy atom. The van der Waals surface area contributed by atoms with E-state index in [2.05, 4.69) is 15.1 Å². The van der Waals surface area contributed by atoms with Crippen molar-refractivity contribution in [1.29, 1.82) is 0 Å². The average molecular weight is 1180 g/mol. The van der Waals surface area contributed by atoms with Crippen molar-refractivity contribution < 1.29 is 98.6 Å². The van der Waals surface area contributed by atoms with Gasteiger partial charge in [-0.25, -0.2) is 0 Å². The third-order valence-electron chi connectivity index (χ3n) is 10.2. The monoisotopic (exact) mass is 1180 g/mol. The number of hydrogen-bond acceptors (Lipinski definition) is 21. The van der Waals surface area contributed by atoms with E-state index in [9.17, 15) is 13.7 Å². The van der Waals surface area contributed by atoms with Gasteiger partial charge in [0.1, 0.15) is 0 Å². The summed E-state index contributed by atoms with van der Waals surface area (Å²) in [5, 5.41) is 54.3. The molecule has 0 aliphatic rings. The Hall–Kier alpha value is 0.919. The number of phosphoric acid groups is 3. The average Bonchev–Trinajstić information content (AvgIpc) is 3.35. The second-order valence-electron chi connectivity index (χ2n) is 16.7. The summed E-state index contributed by atoms with van der Waals surface area (Å²) in [5.74, 6) is 0. The van der Waals surface area contributed by atoms with Gasteiger partial charge in [-0.1, -0.05) is 0 Å². The van der Waals surface area contributed by atoms with Crippen LogP contribution in [0, 0.1) is 0 Å². The van der Waals surface area contributed by atoms with Crippen molar-refractivity contribution in [2.45, 2.75) is 173 Å². The van der Waals surface area contributed by atoms with Crippen LogP contribution in [0.4, 0.5) is 0 Å². The zero-order chi connectivity index (χ0) is 52.3. The topological polar surface area (TPSA) is 283 Å². The molecule has 0 saturated heterocycles. The van der Waals surface area contributed by atoms with E-state index in [1.165, 1.54) is 0 Å². The minimum Gasteiger partial charge on any atom is -0.396 e. The molecule has 0 atom stereocenters. The SMILES string of the molecule is O=P(OCCCCCO)(OCCCCCO)OCCCCCOP(=[Se])(OCCCCCOP(=O)(OCCCCCO)OCCCCCO)OCCCCCOP(=O)(OCCCCCO)OCCCCCO. The molecule has 428 valence electrons. The molecule has 0 aromatic rings. The fourth-order valence-electron chi connectivity index (χ4n) is 6.05. The van der Waals surface area contributed by atoms with Crippen molar-refractivity contribution in [2.24, 2.45) is 0 Å². The Labute approximate surface area is 434 Å². The third-order valence-corrected chi connectivity index (χ3v) is 18.1. The van der Waals surface area contributed by atoms with Crippen LogP contribution in [0.3, 0.4) is 0 Å². The second-order valence-corrected chi connectivity index (χ2v) is 26.2. The fourth-order valence-corrected chi connectivity index (χ4v) is 12.6. The van der Waals surface area contributed by atoms with Gasteiger partial charge in [0.2, 0.25) is 0 Å². The van der Waals surface area contributed by atoms with E-state index in [0.717, 1.165) is 38.5 Å². The molecular weight excluding hydrogens is 1080 g/mol. The first-order valence-electron chi connectivity index (χ1n) is 26.3. The van der Waals surface area contributed by atoms with Gasteiger partial charge in [-0.3, -0.25) is 0 Å². The van der Waals surface area contributed by atoms with Crippen molar-refractivity contribution >= 4 is 44.8 Å². The van der Waals surface area contributed by atoms with Crippen LogP contribution in [0.5, 0.6) is 0 Å². The number of hydrogen-bond donors (Lipinski definition) is 6. The molecule has 26 heteroatoms. The summed E-state index contributed by atoms with van der Waals surface area (Å²) in [6, 6.07) is 0. The molecule has 0 unspecified atom stereocenters. The van der Waals surface area contributed by atoms with Crippen molar-refractivity contribution in [1.82, 2.24) is 0 Å².